The molecule has 5 rings (SSSR count). The summed E-state index contributed by atoms with van der Waals surface area (Å²) in [6.07, 6.45) is -0.454. The van der Waals surface area contributed by atoms with Gasteiger partial charge in [-0.3, -0.25) is 22.8 Å². The van der Waals surface area contributed by atoms with Crippen LogP contribution >= 0.6 is 35.0 Å². The van der Waals surface area contributed by atoms with Crippen molar-refractivity contribution in [3.05, 3.63) is 82.8 Å². The van der Waals surface area contributed by atoms with Gasteiger partial charge in [0.15, 0.2) is 5.16 Å². The number of nitrogens with one attached hydrogen (secondary N) is 2. The molecule has 4 aromatic carbocycles. The third kappa shape index (κ3) is 18.8. The van der Waals surface area contributed by atoms with Crippen molar-refractivity contribution in [3.8, 4) is 11.5 Å². The van der Waals surface area contributed by atoms with Crippen LogP contribution in [0.2, 0.25) is 10.0 Å². The Balaban J connectivity index is 1.55. The van der Waals surface area contributed by atoms with Crippen LogP contribution < -0.4 is 20.1 Å². The first-order chi connectivity index (χ1) is 32.6. The molecule has 70 heavy (non-hydrogen) atoms. The molecular formula is C36H37Cl2N9O17S6. The summed E-state index contributed by atoms with van der Waals surface area (Å²) in [5.41, 5.74) is -0.0903. The Morgan fingerprint density at radius 3 is 1.31 bits per heavy atom. The van der Waals surface area contributed by atoms with Crippen LogP contribution in [0.15, 0.2) is 108 Å². The first kappa shape index (κ1) is 55.7. The zero-order valence-corrected chi connectivity index (χ0v) is 41.7. The van der Waals surface area contributed by atoms with E-state index in [-0.39, 0.29) is 111 Å². The highest BCUT2D eigenvalue weighted by Crippen LogP contribution is 2.41. The Morgan fingerprint density at radius 2 is 0.929 bits per heavy atom. The van der Waals surface area contributed by atoms with Gasteiger partial charge in [-0.05, 0) is 67.8 Å². The lowest BCUT2D eigenvalue weighted by Crippen LogP contribution is -2.10. The van der Waals surface area contributed by atoms with Gasteiger partial charge in [0.25, 0.3) is 50.6 Å². The van der Waals surface area contributed by atoms with Gasteiger partial charge < -0.3 is 20.1 Å². The van der Waals surface area contributed by atoms with Crippen LogP contribution in [-0.4, -0.2) is 116 Å². The average molecular weight is 1130 g/mol. The van der Waals surface area contributed by atoms with Crippen molar-refractivity contribution in [1.82, 2.24) is 15.0 Å². The number of hydrogen-bond acceptors (Lipinski definition) is 22. The van der Waals surface area contributed by atoms with E-state index in [2.05, 4.69) is 46.0 Å². The van der Waals surface area contributed by atoms with Gasteiger partial charge >= 0.3 is 0 Å². The average Bonchev–Trinajstić information content (AvgIpc) is 3.24. The largest absolute Gasteiger partial charge is 0.491 e. The second-order valence-corrected chi connectivity index (χ2v) is 23.4. The van der Waals surface area contributed by atoms with Crippen molar-refractivity contribution in [2.24, 2.45) is 20.5 Å². The minimum atomic E-state index is -4.59. The summed E-state index contributed by atoms with van der Waals surface area (Å²) in [5.74, 6) is -2.53. The number of halogens is 2. The summed E-state index contributed by atoms with van der Waals surface area (Å²) in [6.45, 7) is -0.607. The monoisotopic (exact) mass is 1130 g/mol. The predicted molar refractivity (Wildman–Crippen MR) is 255 cm³/mol. The Labute approximate surface area is 414 Å². The first-order valence-electron chi connectivity index (χ1n) is 19.3. The molecule has 5 aromatic rings. The highest BCUT2D eigenvalue weighted by molar-refractivity contribution is 7.99. The van der Waals surface area contributed by atoms with Gasteiger partial charge in [0.1, 0.15) is 22.9 Å². The predicted octanol–water partition coefficient (Wildman–Crippen LogP) is 7.67. The third-order valence-electron chi connectivity index (χ3n) is 8.37. The normalized spacial score (nSPS) is 12.7. The molecule has 0 saturated heterocycles. The molecule has 0 amide bonds. The van der Waals surface area contributed by atoms with Crippen LogP contribution in [0, 0.1) is 0 Å². The minimum Gasteiger partial charge on any atom is -0.491 e. The summed E-state index contributed by atoms with van der Waals surface area (Å²) in [5, 5.41) is 21.6. The molecule has 1 aromatic heterocycles. The van der Waals surface area contributed by atoms with E-state index < -0.39 is 77.6 Å². The topological polar surface area (TPSA) is 402 Å². The Kier molecular flexibility index (Phi) is 18.9. The van der Waals surface area contributed by atoms with Crippen molar-refractivity contribution in [3.63, 3.8) is 0 Å². The van der Waals surface area contributed by atoms with Crippen LogP contribution in [0.5, 0.6) is 11.5 Å². The maximum absolute atomic E-state index is 11.7. The molecule has 26 nitrogen and oxygen atoms in total. The van der Waals surface area contributed by atoms with E-state index in [1.807, 2.05) is 0 Å². The molecule has 34 heteroatoms. The highest BCUT2D eigenvalue weighted by atomic mass is 35.5. The number of rotatable bonds is 25. The van der Waals surface area contributed by atoms with Gasteiger partial charge in [-0.25, -0.2) is 0 Å². The smallest absolute Gasteiger partial charge is 0.294 e. The molecule has 0 spiro atoms. The van der Waals surface area contributed by atoms with Gasteiger partial charge in [-0.1, -0.05) is 47.1 Å². The molecule has 0 unspecified atom stereocenters. The van der Waals surface area contributed by atoms with Gasteiger partial charge in [0.2, 0.25) is 11.9 Å². The maximum Gasteiger partial charge on any atom is 0.294 e. The van der Waals surface area contributed by atoms with Crippen LogP contribution in [0.4, 0.5) is 46.0 Å². The Morgan fingerprint density at radius 1 is 0.529 bits per heavy atom. The zero-order chi connectivity index (χ0) is 51.5. The molecule has 0 fully saturated rings. The van der Waals surface area contributed by atoms with Crippen LogP contribution in [0.25, 0.3) is 0 Å². The van der Waals surface area contributed by atoms with E-state index in [4.69, 9.17) is 32.7 Å². The van der Waals surface area contributed by atoms with E-state index in [0.717, 1.165) is 36.0 Å². The van der Waals surface area contributed by atoms with Crippen LogP contribution in [-0.2, 0) is 50.6 Å². The van der Waals surface area contributed by atoms with Crippen molar-refractivity contribution in [2.45, 2.75) is 34.2 Å². The van der Waals surface area contributed by atoms with Crippen molar-refractivity contribution in [1.29, 1.82) is 0 Å². The SMILES string of the molecule is O=S(=O)(O)CCCOc1cc(N=Nc2cccc(S(=O)(=O)O)c2)c(Cl)cc1Nc1nc(Nc2cc(Cl)c(N=Nc3cccc(S(=O)(=O)O)c3)cc2OCCCS(=O)(=O)O)nc(SCCCS(=O)(=O)O)n1. The number of aromatic nitrogens is 3. The van der Waals surface area contributed by atoms with E-state index in [1.54, 1.807) is 0 Å². The van der Waals surface area contributed by atoms with Crippen LogP contribution in [0.1, 0.15) is 19.3 Å². The first-order valence-corrected chi connectivity index (χ1v) is 28.7. The molecule has 0 radical (unpaired) electrons. The Bertz CT molecular complexity index is 3180. The van der Waals surface area contributed by atoms with Gasteiger partial charge in [0.05, 0.1) is 73.1 Å². The molecule has 7 N–H and O–H groups in total. The summed E-state index contributed by atoms with van der Waals surface area (Å²) >= 11 is 14.1. The zero-order valence-electron chi connectivity index (χ0n) is 35.3. The number of azo groups is 2. The number of benzene rings is 4. The Hall–Kier alpha value is -5.23. The lowest BCUT2D eigenvalue weighted by atomic mass is 10.2. The summed E-state index contributed by atoms with van der Waals surface area (Å²) < 4.78 is 173. The summed E-state index contributed by atoms with van der Waals surface area (Å²) in [7, 11) is -22.3. The van der Waals surface area contributed by atoms with Gasteiger partial charge in [-0.2, -0.15) is 67.3 Å². The van der Waals surface area contributed by atoms with E-state index in [0.29, 0.717) is 0 Å². The number of hydrogen-bond donors (Lipinski definition) is 7. The van der Waals surface area contributed by atoms with Crippen LogP contribution in [0.3, 0.4) is 0 Å². The fourth-order valence-electron chi connectivity index (χ4n) is 5.33. The summed E-state index contributed by atoms with van der Waals surface area (Å²) in [4.78, 5) is 12.2. The molecule has 0 saturated carbocycles. The van der Waals surface area contributed by atoms with E-state index in [1.165, 1.54) is 48.5 Å². The molecule has 0 aliphatic heterocycles. The fourth-order valence-corrected chi connectivity index (χ4v) is 9.21. The number of anilines is 4. The minimum absolute atomic E-state index is 0.00752. The number of thioether (sulfide) groups is 1. The number of nitrogens with zero attached hydrogens (tertiary/aromatic N) is 7. The molecule has 0 aliphatic rings. The molecule has 378 valence electrons. The molecule has 1 heterocycles. The molecule has 0 bridgehead atoms. The molecule has 0 aliphatic carbocycles. The van der Waals surface area contributed by atoms with Crippen molar-refractivity contribution >= 4 is 132 Å². The molecular weight excluding hydrogens is 1090 g/mol. The third-order valence-corrected chi connectivity index (χ3v) is 14.0. The van der Waals surface area contributed by atoms with Crippen molar-refractivity contribution in [2.75, 3.05) is 46.9 Å². The van der Waals surface area contributed by atoms with Gasteiger partial charge in [-0.15, -0.1) is 10.2 Å². The number of ether oxygens (including phenoxy) is 2. The molecule has 0 atom stereocenters. The van der Waals surface area contributed by atoms with Crippen molar-refractivity contribution < 1.29 is 74.3 Å². The lowest BCUT2D eigenvalue weighted by molar-refractivity contribution is 0.317. The maximum atomic E-state index is 11.7. The van der Waals surface area contributed by atoms with Gasteiger partial charge in [0, 0.05) is 17.9 Å². The van der Waals surface area contributed by atoms with E-state index in [9.17, 15) is 64.9 Å². The second kappa shape index (κ2) is 23.8. The quantitative estimate of drug-likeness (QED) is 0.0127. The highest BCUT2D eigenvalue weighted by Gasteiger charge is 2.19. The summed E-state index contributed by atoms with van der Waals surface area (Å²) in [6, 6.07) is 14.7. The van der Waals surface area contributed by atoms with E-state index >= 15 is 0 Å². The fraction of sp³-hybridized carbons (Fsp3) is 0.250. The lowest BCUT2D eigenvalue weighted by Gasteiger charge is -2.16. The standard InChI is InChI=1S/C36H37Cl2N9O17S6/c37-26-18-30(32(63-10-3-13-66(48,49)50)20-28(26)46-44-22-6-1-8-24(16-22)69(57,58)59)39-34-41-35(43-36(42-34)65-12-5-15-68(54,55)56)40-31-19-27(38)29(21-33(31)64-11-4-14-67(51,52)53)47-45-23-7-2-9-25(17-23)70(60,61)62/h1-2,6-9,16-21H,3-5,10-15H2,(H,48,49,50)(H,51,52,53)(H,54,55,56)(H,57,58,59)(H,60,61,62)(H2,39,40,41,42,43). The second-order valence-electron chi connectivity index (χ2n) is 13.9.